The first-order valence-corrected chi connectivity index (χ1v) is 10.7. The van der Waals surface area contributed by atoms with Crippen LogP contribution in [0.1, 0.15) is 39.2 Å². The molecular weight excluding hydrogens is 495 g/mol. The second-order valence-electron chi connectivity index (χ2n) is 7.87. The number of hydrogen-bond acceptors (Lipinski definition) is 5. The van der Waals surface area contributed by atoms with E-state index >= 15 is 0 Å². The topological polar surface area (TPSA) is 78.4 Å². The molecule has 1 aromatic carbocycles. The standard InChI is InChI=1S/C22H38N4O3.HI/c1-5-23-22(25-19-8-10-26(11-9-19)16-17(2)3)24-15-18-6-7-20(29-13-12-27)21(14-18)28-4;/h6-7,14,17,19,27H,5,8-13,15-16H2,1-4H3,(H2,23,24,25);1H. The monoisotopic (exact) mass is 534 g/mol. The van der Waals surface area contributed by atoms with Gasteiger partial charge in [-0.15, -0.1) is 24.0 Å². The number of benzene rings is 1. The largest absolute Gasteiger partial charge is 0.493 e. The van der Waals surface area contributed by atoms with Crippen LogP contribution in [0.4, 0.5) is 0 Å². The van der Waals surface area contributed by atoms with Crippen molar-refractivity contribution in [3.05, 3.63) is 23.8 Å². The van der Waals surface area contributed by atoms with Crippen LogP contribution in [0.25, 0.3) is 0 Å². The van der Waals surface area contributed by atoms with Crippen LogP contribution >= 0.6 is 24.0 Å². The zero-order valence-corrected chi connectivity index (χ0v) is 21.1. The molecule has 1 aromatic rings. The minimum Gasteiger partial charge on any atom is -0.493 e. The van der Waals surface area contributed by atoms with Crippen LogP contribution in [0, 0.1) is 5.92 Å². The molecule has 0 aliphatic carbocycles. The summed E-state index contributed by atoms with van der Waals surface area (Å²) in [5, 5.41) is 15.9. The highest BCUT2D eigenvalue weighted by atomic mass is 127. The molecule has 3 N–H and O–H groups in total. The predicted octanol–water partition coefficient (Wildman–Crippen LogP) is 2.86. The molecule has 30 heavy (non-hydrogen) atoms. The van der Waals surface area contributed by atoms with Gasteiger partial charge in [-0.05, 0) is 43.4 Å². The summed E-state index contributed by atoms with van der Waals surface area (Å²) in [7, 11) is 1.62. The average Bonchev–Trinajstić information content (AvgIpc) is 2.72. The number of methoxy groups -OCH3 is 1. The lowest BCUT2D eigenvalue weighted by Gasteiger charge is -2.34. The fourth-order valence-corrected chi connectivity index (χ4v) is 3.55. The van der Waals surface area contributed by atoms with Crippen LogP contribution in [0.15, 0.2) is 23.2 Å². The van der Waals surface area contributed by atoms with Crippen molar-refractivity contribution in [2.24, 2.45) is 10.9 Å². The quantitative estimate of drug-likeness (QED) is 0.244. The molecule has 0 amide bonds. The van der Waals surface area contributed by atoms with Crippen molar-refractivity contribution in [1.29, 1.82) is 0 Å². The average molecular weight is 534 g/mol. The van der Waals surface area contributed by atoms with Crippen molar-refractivity contribution in [2.75, 3.05) is 46.5 Å². The van der Waals surface area contributed by atoms with E-state index in [0.717, 1.165) is 49.9 Å². The van der Waals surface area contributed by atoms with Crippen LogP contribution in [0.5, 0.6) is 11.5 Å². The molecule has 7 nitrogen and oxygen atoms in total. The lowest BCUT2D eigenvalue weighted by molar-refractivity contribution is 0.187. The number of rotatable bonds is 10. The Morgan fingerprint density at radius 2 is 2.00 bits per heavy atom. The number of ether oxygens (including phenoxy) is 2. The van der Waals surface area contributed by atoms with E-state index in [4.69, 9.17) is 19.6 Å². The van der Waals surface area contributed by atoms with E-state index in [1.807, 2.05) is 18.2 Å². The maximum Gasteiger partial charge on any atom is 0.191 e. The highest BCUT2D eigenvalue weighted by molar-refractivity contribution is 14.0. The van der Waals surface area contributed by atoms with E-state index in [-0.39, 0.29) is 37.2 Å². The molecule has 1 aliphatic heterocycles. The minimum atomic E-state index is -0.0245. The summed E-state index contributed by atoms with van der Waals surface area (Å²) < 4.78 is 10.9. The van der Waals surface area contributed by atoms with Crippen LogP contribution in [-0.2, 0) is 6.54 Å². The summed E-state index contributed by atoms with van der Waals surface area (Å²) in [6.07, 6.45) is 2.28. The van der Waals surface area contributed by atoms with Gasteiger partial charge in [0, 0.05) is 32.2 Å². The Kier molecular flexibility index (Phi) is 13.1. The third-order valence-electron chi connectivity index (χ3n) is 4.89. The number of nitrogens with one attached hydrogen (secondary N) is 2. The number of aliphatic imine (C=N–C) groups is 1. The SMILES string of the molecule is CCNC(=NCc1ccc(OCCO)c(OC)c1)NC1CCN(CC(C)C)CC1.I. The number of hydrogen-bond donors (Lipinski definition) is 3. The molecule has 0 unspecified atom stereocenters. The Balaban J connectivity index is 0.00000450. The van der Waals surface area contributed by atoms with Gasteiger partial charge < -0.3 is 30.1 Å². The number of aliphatic hydroxyl groups is 1. The summed E-state index contributed by atoms with van der Waals surface area (Å²) in [6.45, 7) is 11.7. The van der Waals surface area contributed by atoms with Crippen LogP contribution in [0.2, 0.25) is 0 Å². The third-order valence-corrected chi connectivity index (χ3v) is 4.89. The number of aliphatic hydroxyl groups excluding tert-OH is 1. The maximum absolute atomic E-state index is 8.93. The first-order chi connectivity index (χ1) is 14.0. The minimum absolute atomic E-state index is 0. The van der Waals surface area contributed by atoms with E-state index in [0.29, 0.717) is 24.1 Å². The number of nitrogens with zero attached hydrogens (tertiary/aromatic N) is 2. The van der Waals surface area contributed by atoms with Crippen molar-refractivity contribution in [1.82, 2.24) is 15.5 Å². The van der Waals surface area contributed by atoms with Gasteiger partial charge in [0.2, 0.25) is 0 Å². The van der Waals surface area contributed by atoms with Crippen LogP contribution < -0.4 is 20.1 Å². The summed E-state index contributed by atoms with van der Waals surface area (Å²) in [6, 6.07) is 6.24. The Morgan fingerprint density at radius 3 is 2.60 bits per heavy atom. The lowest BCUT2D eigenvalue weighted by Crippen LogP contribution is -2.49. The van der Waals surface area contributed by atoms with Gasteiger partial charge in [-0.2, -0.15) is 0 Å². The lowest BCUT2D eigenvalue weighted by atomic mass is 10.0. The smallest absolute Gasteiger partial charge is 0.191 e. The van der Waals surface area contributed by atoms with Gasteiger partial charge in [-0.3, -0.25) is 0 Å². The van der Waals surface area contributed by atoms with Gasteiger partial charge in [0.05, 0.1) is 20.3 Å². The number of halogens is 1. The predicted molar refractivity (Wildman–Crippen MR) is 133 cm³/mol. The fourth-order valence-electron chi connectivity index (χ4n) is 3.55. The summed E-state index contributed by atoms with van der Waals surface area (Å²) in [4.78, 5) is 7.31. The van der Waals surface area contributed by atoms with Crippen molar-refractivity contribution in [2.45, 2.75) is 46.2 Å². The molecule has 0 bridgehead atoms. The van der Waals surface area contributed by atoms with Crippen molar-refractivity contribution in [3.63, 3.8) is 0 Å². The van der Waals surface area contributed by atoms with Gasteiger partial charge in [0.1, 0.15) is 6.61 Å². The Hall–Kier alpha value is -1.26. The maximum atomic E-state index is 8.93. The summed E-state index contributed by atoms with van der Waals surface area (Å²) >= 11 is 0. The number of likely N-dealkylation sites (tertiary alicyclic amines) is 1. The second kappa shape index (κ2) is 14.7. The normalized spacial score (nSPS) is 15.6. The fraction of sp³-hybridized carbons (Fsp3) is 0.682. The number of piperidine rings is 1. The second-order valence-corrected chi connectivity index (χ2v) is 7.87. The Labute approximate surface area is 198 Å². The zero-order chi connectivity index (χ0) is 21.1. The van der Waals surface area contributed by atoms with Gasteiger partial charge in [-0.1, -0.05) is 19.9 Å². The van der Waals surface area contributed by atoms with Crippen LogP contribution in [-0.4, -0.2) is 68.5 Å². The molecule has 8 heteroatoms. The first-order valence-electron chi connectivity index (χ1n) is 10.7. The molecule has 1 aliphatic rings. The van der Waals surface area contributed by atoms with Gasteiger partial charge in [-0.25, -0.2) is 4.99 Å². The molecule has 0 atom stereocenters. The molecule has 2 rings (SSSR count). The third kappa shape index (κ3) is 9.26. The van der Waals surface area contributed by atoms with E-state index in [2.05, 4.69) is 36.3 Å². The summed E-state index contributed by atoms with van der Waals surface area (Å²) in [5.74, 6) is 2.86. The molecule has 0 aromatic heterocycles. The van der Waals surface area contributed by atoms with Crippen molar-refractivity contribution >= 4 is 29.9 Å². The molecule has 1 fully saturated rings. The molecular formula is C22H39IN4O3. The van der Waals surface area contributed by atoms with E-state index in [9.17, 15) is 0 Å². The number of guanidine groups is 1. The molecule has 1 heterocycles. The van der Waals surface area contributed by atoms with Crippen molar-refractivity contribution in [3.8, 4) is 11.5 Å². The van der Waals surface area contributed by atoms with Gasteiger partial charge in [0.25, 0.3) is 0 Å². The Morgan fingerprint density at radius 1 is 1.27 bits per heavy atom. The summed E-state index contributed by atoms with van der Waals surface area (Å²) in [5.41, 5.74) is 1.04. The first kappa shape index (κ1) is 26.8. The molecule has 1 saturated heterocycles. The van der Waals surface area contributed by atoms with E-state index in [1.54, 1.807) is 7.11 Å². The van der Waals surface area contributed by atoms with E-state index in [1.165, 1.54) is 6.54 Å². The van der Waals surface area contributed by atoms with Gasteiger partial charge >= 0.3 is 0 Å². The molecule has 172 valence electrons. The van der Waals surface area contributed by atoms with E-state index < -0.39 is 0 Å². The highest BCUT2D eigenvalue weighted by Crippen LogP contribution is 2.28. The van der Waals surface area contributed by atoms with Crippen LogP contribution in [0.3, 0.4) is 0 Å². The highest BCUT2D eigenvalue weighted by Gasteiger charge is 2.20. The van der Waals surface area contributed by atoms with Gasteiger partial charge in [0.15, 0.2) is 17.5 Å². The molecule has 0 radical (unpaired) electrons. The molecule has 0 saturated carbocycles. The van der Waals surface area contributed by atoms with Crippen molar-refractivity contribution < 1.29 is 14.6 Å². The molecule has 0 spiro atoms. The zero-order valence-electron chi connectivity index (χ0n) is 18.8. The Bertz CT molecular complexity index is 635.